The van der Waals surface area contributed by atoms with E-state index in [0.29, 0.717) is 25.7 Å². The first kappa shape index (κ1) is 13.5. The van der Waals surface area contributed by atoms with Crippen LogP contribution in [0.25, 0.3) is 0 Å². The van der Waals surface area contributed by atoms with E-state index in [9.17, 15) is 4.79 Å². The first-order chi connectivity index (χ1) is 7.74. The lowest BCUT2D eigenvalue weighted by atomic mass is 10.2. The Balaban J connectivity index is 2.05. The summed E-state index contributed by atoms with van der Waals surface area (Å²) in [6.07, 6.45) is 6.84. The standard InChI is InChI=1S/C12H23NO3/c1-2-5-11(12(14)15)13-8-9-16-10-6-3-4-7-10/h10-11,13H,2-9H2,1H3,(H,14,15). The molecular formula is C12H23NO3. The average Bonchev–Trinajstić information content (AvgIpc) is 2.75. The van der Waals surface area contributed by atoms with Gasteiger partial charge in [-0.1, -0.05) is 26.2 Å². The van der Waals surface area contributed by atoms with E-state index < -0.39 is 12.0 Å². The van der Waals surface area contributed by atoms with E-state index >= 15 is 0 Å². The molecule has 0 spiro atoms. The maximum Gasteiger partial charge on any atom is 0.320 e. The second-order valence-corrected chi connectivity index (χ2v) is 4.41. The molecule has 4 nitrogen and oxygen atoms in total. The van der Waals surface area contributed by atoms with E-state index in [1.54, 1.807) is 0 Å². The summed E-state index contributed by atoms with van der Waals surface area (Å²) in [6.45, 7) is 3.25. The van der Waals surface area contributed by atoms with Crippen molar-refractivity contribution in [2.75, 3.05) is 13.2 Å². The Morgan fingerprint density at radius 3 is 2.75 bits per heavy atom. The summed E-state index contributed by atoms with van der Waals surface area (Å²) in [5, 5.41) is 11.9. The van der Waals surface area contributed by atoms with Crippen LogP contribution in [0.4, 0.5) is 0 Å². The van der Waals surface area contributed by atoms with Crippen LogP contribution in [-0.4, -0.2) is 36.4 Å². The molecular weight excluding hydrogens is 206 g/mol. The van der Waals surface area contributed by atoms with Gasteiger partial charge in [-0.25, -0.2) is 0 Å². The van der Waals surface area contributed by atoms with Crippen molar-refractivity contribution in [3.8, 4) is 0 Å². The minimum atomic E-state index is -0.761. The predicted molar refractivity (Wildman–Crippen MR) is 62.5 cm³/mol. The molecule has 1 rings (SSSR count). The van der Waals surface area contributed by atoms with Gasteiger partial charge in [0, 0.05) is 6.54 Å². The molecule has 1 unspecified atom stereocenters. The zero-order valence-corrected chi connectivity index (χ0v) is 10.1. The fourth-order valence-corrected chi connectivity index (χ4v) is 2.12. The summed E-state index contributed by atoms with van der Waals surface area (Å²) < 4.78 is 5.66. The Bertz CT molecular complexity index is 202. The minimum absolute atomic E-state index is 0.413. The number of aliphatic carboxylic acids is 1. The zero-order chi connectivity index (χ0) is 11.8. The smallest absolute Gasteiger partial charge is 0.320 e. The Morgan fingerprint density at radius 2 is 2.19 bits per heavy atom. The molecule has 0 radical (unpaired) electrons. The second-order valence-electron chi connectivity index (χ2n) is 4.41. The van der Waals surface area contributed by atoms with Gasteiger partial charge in [-0.2, -0.15) is 0 Å². The quantitative estimate of drug-likeness (QED) is 0.623. The Labute approximate surface area is 97.4 Å². The molecule has 2 N–H and O–H groups in total. The molecule has 4 heteroatoms. The van der Waals surface area contributed by atoms with Gasteiger partial charge in [0.1, 0.15) is 6.04 Å². The molecule has 0 amide bonds. The third kappa shape index (κ3) is 4.94. The van der Waals surface area contributed by atoms with E-state index in [4.69, 9.17) is 9.84 Å². The number of rotatable bonds is 8. The minimum Gasteiger partial charge on any atom is -0.480 e. The molecule has 1 atom stereocenters. The molecule has 1 fully saturated rings. The van der Waals surface area contributed by atoms with Crippen LogP contribution in [0.5, 0.6) is 0 Å². The summed E-state index contributed by atoms with van der Waals surface area (Å²) in [5.74, 6) is -0.761. The predicted octanol–water partition coefficient (Wildman–Crippen LogP) is 1.79. The molecule has 1 saturated carbocycles. The van der Waals surface area contributed by atoms with Gasteiger partial charge in [-0.05, 0) is 19.3 Å². The Morgan fingerprint density at radius 1 is 1.50 bits per heavy atom. The number of hydrogen-bond acceptors (Lipinski definition) is 3. The maximum atomic E-state index is 10.8. The molecule has 0 aliphatic heterocycles. The lowest BCUT2D eigenvalue weighted by Crippen LogP contribution is -2.38. The van der Waals surface area contributed by atoms with Crippen molar-refractivity contribution in [3.63, 3.8) is 0 Å². The van der Waals surface area contributed by atoms with Gasteiger partial charge in [0.2, 0.25) is 0 Å². The molecule has 0 bridgehead atoms. The van der Waals surface area contributed by atoms with Crippen molar-refractivity contribution in [3.05, 3.63) is 0 Å². The highest BCUT2D eigenvalue weighted by molar-refractivity contribution is 5.73. The van der Waals surface area contributed by atoms with Crippen LogP contribution < -0.4 is 5.32 Å². The van der Waals surface area contributed by atoms with Gasteiger partial charge >= 0.3 is 5.97 Å². The van der Waals surface area contributed by atoms with Crippen molar-refractivity contribution >= 4 is 5.97 Å². The van der Waals surface area contributed by atoms with E-state index in [1.807, 2.05) is 6.92 Å². The molecule has 0 aromatic rings. The summed E-state index contributed by atoms with van der Waals surface area (Å²) in [7, 11) is 0. The topological polar surface area (TPSA) is 58.6 Å². The van der Waals surface area contributed by atoms with Crippen molar-refractivity contribution in [1.82, 2.24) is 5.32 Å². The van der Waals surface area contributed by atoms with E-state index in [0.717, 1.165) is 19.3 Å². The van der Waals surface area contributed by atoms with Crippen LogP contribution in [-0.2, 0) is 9.53 Å². The summed E-state index contributed by atoms with van der Waals surface area (Å²) in [4.78, 5) is 10.8. The summed E-state index contributed by atoms with van der Waals surface area (Å²) >= 11 is 0. The summed E-state index contributed by atoms with van der Waals surface area (Å²) in [5.41, 5.74) is 0. The number of carboxylic acid groups (broad SMARTS) is 1. The van der Waals surface area contributed by atoms with Gasteiger partial charge in [0.25, 0.3) is 0 Å². The van der Waals surface area contributed by atoms with Crippen molar-refractivity contribution in [2.45, 2.75) is 57.6 Å². The van der Waals surface area contributed by atoms with Crippen molar-refractivity contribution in [2.24, 2.45) is 0 Å². The van der Waals surface area contributed by atoms with Crippen LogP contribution in [0.15, 0.2) is 0 Å². The monoisotopic (exact) mass is 229 g/mol. The number of hydrogen-bond donors (Lipinski definition) is 2. The second kappa shape index (κ2) is 7.63. The molecule has 0 aromatic heterocycles. The van der Waals surface area contributed by atoms with Crippen LogP contribution >= 0.6 is 0 Å². The number of carbonyl (C=O) groups is 1. The number of carboxylic acids is 1. The average molecular weight is 229 g/mol. The van der Waals surface area contributed by atoms with Crippen molar-refractivity contribution < 1.29 is 14.6 Å². The summed E-state index contributed by atoms with van der Waals surface area (Å²) in [6, 6.07) is -0.419. The zero-order valence-electron chi connectivity index (χ0n) is 10.1. The van der Waals surface area contributed by atoms with Gasteiger partial charge in [-0.3, -0.25) is 4.79 Å². The maximum absolute atomic E-state index is 10.8. The molecule has 16 heavy (non-hydrogen) atoms. The van der Waals surface area contributed by atoms with Crippen LogP contribution in [0.1, 0.15) is 45.4 Å². The van der Waals surface area contributed by atoms with Gasteiger partial charge in [-0.15, -0.1) is 0 Å². The first-order valence-corrected chi connectivity index (χ1v) is 6.31. The number of ether oxygens (including phenoxy) is 1. The lowest BCUT2D eigenvalue weighted by molar-refractivity contribution is -0.139. The first-order valence-electron chi connectivity index (χ1n) is 6.31. The normalized spacial score (nSPS) is 18.8. The van der Waals surface area contributed by atoms with Crippen LogP contribution in [0.2, 0.25) is 0 Å². The third-order valence-electron chi connectivity index (χ3n) is 3.02. The fraction of sp³-hybridized carbons (Fsp3) is 0.917. The van der Waals surface area contributed by atoms with Crippen LogP contribution in [0, 0.1) is 0 Å². The van der Waals surface area contributed by atoms with Gasteiger partial charge in [0.15, 0.2) is 0 Å². The highest BCUT2D eigenvalue weighted by Gasteiger charge is 2.17. The molecule has 0 saturated heterocycles. The van der Waals surface area contributed by atoms with Crippen molar-refractivity contribution in [1.29, 1.82) is 0 Å². The van der Waals surface area contributed by atoms with E-state index in [-0.39, 0.29) is 0 Å². The largest absolute Gasteiger partial charge is 0.480 e. The van der Waals surface area contributed by atoms with E-state index in [2.05, 4.69) is 5.32 Å². The molecule has 1 aliphatic carbocycles. The lowest BCUT2D eigenvalue weighted by Gasteiger charge is -2.15. The van der Waals surface area contributed by atoms with E-state index in [1.165, 1.54) is 12.8 Å². The Hall–Kier alpha value is -0.610. The Kier molecular flexibility index (Phi) is 6.42. The molecule has 94 valence electrons. The van der Waals surface area contributed by atoms with Gasteiger partial charge in [0.05, 0.1) is 12.7 Å². The molecule has 0 heterocycles. The van der Waals surface area contributed by atoms with Gasteiger partial charge < -0.3 is 15.2 Å². The highest BCUT2D eigenvalue weighted by Crippen LogP contribution is 2.20. The SMILES string of the molecule is CCCC(NCCOC1CCCC1)C(=O)O. The fourth-order valence-electron chi connectivity index (χ4n) is 2.12. The highest BCUT2D eigenvalue weighted by atomic mass is 16.5. The number of nitrogens with one attached hydrogen (secondary N) is 1. The van der Waals surface area contributed by atoms with Crippen LogP contribution in [0.3, 0.4) is 0 Å². The molecule has 0 aromatic carbocycles. The molecule has 1 aliphatic rings. The third-order valence-corrected chi connectivity index (χ3v) is 3.02.